The molecule has 1 aromatic heterocycles. The van der Waals surface area contributed by atoms with E-state index in [2.05, 4.69) is 15.6 Å². The molecule has 4 unspecified atom stereocenters. The summed E-state index contributed by atoms with van der Waals surface area (Å²) in [6, 6.07) is 11.8. The summed E-state index contributed by atoms with van der Waals surface area (Å²) in [5.41, 5.74) is 4.19. The lowest BCUT2D eigenvalue weighted by Crippen LogP contribution is -2.57. The molecule has 4 N–H and O–H groups in total. The molecule has 3 heterocycles. The molecule has 0 fully saturated rings. The summed E-state index contributed by atoms with van der Waals surface area (Å²) >= 11 is 0. The predicted octanol–water partition coefficient (Wildman–Crippen LogP) is 2.37. The van der Waals surface area contributed by atoms with Gasteiger partial charge in [0.2, 0.25) is 11.8 Å². The van der Waals surface area contributed by atoms with Gasteiger partial charge in [0.15, 0.2) is 0 Å². The monoisotopic (exact) mass is 488 g/mol. The summed E-state index contributed by atoms with van der Waals surface area (Å²) in [5.74, 6) is -2.76. The standard InChI is InChI=1S/C27H28N4O5/c1-13(2)21(27(35)36)30-24(32)14(3)28-25(33)20-12-18-15-8-6-7-11-19(15)29-22(18)23-16-9-4-5-10-17(16)26(34)31(20)23/h4-11,13-14,20-21,23,29H,12H2,1-3H3,(H,28,33)(H,30,32)(H,35,36). The quantitative estimate of drug-likeness (QED) is 0.423. The van der Waals surface area contributed by atoms with Crippen LogP contribution in [0.5, 0.6) is 0 Å². The van der Waals surface area contributed by atoms with Gasteiger partial charge in [-0.1, -0.05) is 50.2 Å². The number of rotatable bonds is 6. The molecule has 36 heavy (non-hydrogen) atoms. The molecule has 0 saturated heterocycles. The average molecular weight is 489 g/mol. The number of hydrogen-bond acceptors (Lipinski definition) is 4. The van der Waals surface area contributed by atoms with Crippen LogP contribution < -0.4 is 10.6 Å². The molecule has 3 amide bonds. The van der Waals surface area contributed by atoms with Gasteiger partial charge in [-0.05, 0) is 36.1 Å². The van der Waals surface area contributed by atoms with Crippen molar-refractivity contribution in [1.82, 2.24) is 20.5 Å². The number of amides is 3. The molecule has 9 heteroatoms. The van der Waals surface area contributed by atoms with Gasteiger partial charge in [0, 0.05) is 28.6 Å². The van der Waals surface area contributed by atoms with E-state index in [1.54, 1.807) is 30.9 Å². The van der Waals surface area contributed by atoms with E-state index in [4.69, 9.17) is 0 Å². The van der Waals surface area contributed by atoms with Crippen molar-refractivity contribution in [1.29, 1.82) is 0 Å². The Morgan fingerprint density at radius 2 is 1.72 bits per heavy atom. The summed E-state index contributed by atoms with van der Waals surface area (Å²) in [7, 11) is 0. The first-order valence-electron chi connectivity index (χ1n) is 12.0. The zero-order valence-electron chi connectivity index (χ0n) is 20.2. The number of fused-ring (bicyclic) bond motifs is 7. The van der Waals surface area contributed by atoms with Crippen molar-refractivity contribution in [3.05, 3.63) is 70.9 Å². The summed E-state index contributed by atoms with van der Waals surface area (Å²) in [6.45, 7) is 4.89. The highest BCUT2D eigenvalue weighted by Gasteiger charge is 2.49. The number of para-hydroxylation sites is 1. The van der Waals surface area contributed by atoms with Gasteiger partial charge in [0.1, 0.15) is 18.1 Å². The maximum Gasteiger partial charge on any atom is 0.326 e. The first kappa shape index (κ1) is 23.6. The highest BCUT2D eigenvalue weighted by molar-refractivity contribution is 6.04. The average Bonchev–Trinajstić information content (AvgIpc) is 3.37. The Morgan fingerprint density at radius 3 is 2.44 bits per heavy atom. The fraction of sp³-hybridized carbons (Fsp3) is 0.333. The molecule has 186 valence electrons. The lowest BCUT2D eigenvalue weighted by atomic mass is 9.90. The van der Waals surface area contributed by atoms with Gasteiger partial charge >= 0.3 is 5.97 Å². The third kappa shape index (κ3) is 3.71. The molecule has 9 nitrogen and oxygen atoms in total. The van der Waals surface area contributed by atoms with E-state index < -0.39 is 42.0 Å². The number of carbonyl (C=O) groups excluding carboxylic acids is 3. The normalized spacial score (nSPS) is 19.9. The van der Waals surface area contributed by atoms with Crippen molar-refractivity contribution in [2.24, 2.45) is 5.92 Å². The van der Waals surface area contributed by atoms with Gasteiger partial charge in [-0.25, -0.2) is 4.79 Å². The number of nitrogens with zero attached hydrogens (tertiary/aromatic N) is 1. The summed E-state index contributed by atoms with van der Waals surface area (Å²) in [4.78, 5) is 56.3. The number of carboxylic acid groups (broad SMARTS) is 1. The number of carbonyl (C=O) groups is 4. The van der Waals surface area contributed by atoms with Crippen LogP contribution in [0.3, 0.4) is 0 Å². The van der Waals surface area contributed by atoms with Crippen molar-refractivity contribution in [3.63, 3.8) is 0 Å². The van der Waals surface area contributed by atoms with Gasteiger partial charge in [0.05, 0.1) is 6.04 Å². The second kappa shape index (κ2) is 8.82. The van der Waals surface area contributed by atoms with Crippen molar-refractivity contribution in [2.75, 3.05) is 0 Å². The summed E-state index contributed by atoms with van der Waals surface area (Å²) < 4.78 is 0. The molecule has 0 saturated carbocycles. The minimum Gasteiger partial charge on any atom is -0.480 e. The zero-order chi connectivity index (χ0) is 25.7. The third-order valence-corrected chi connectivity index (χ3v) is 7.14. The molecule has 0 bridgehead atoms. The number of carboxylic acids is 1. The number of benzene rings is 2. The topological polar surface area (TPSA) is 132 Å². The second-order valence-corrected chi connectivity index (χ2v) is 9.78. The van der Waals surface area contributed by atoms with E-state index >= 15 is 0 Å². The molecule has 2 aromatic carbocycles. The fourth-order valence-electron chi connectivity index (χ4n) is 5.30. The number of hydrogen-bond donors (Lipinski definition) is 4. The molecule has 2 aliphatic heterocycles. The van der Waals surface area contributed by atoms with Crippen LogP contribution in [0.1, 0.15) is 54.0 Å². The Hall–Kier alpha value is -4.14. The van der Waals surface area contributed by atoms with Crippen molar-refractivity contribution >= 4 is 34.6 Å². The van der Waals surface area contributed by atoms with Gasteiger partial charge < -0.3 is 25.6 Å². The van der Waals surface area contributed by atoms with Crippen molar-refractivity contribution in [2.45, 2.75) is 51.4 Å². The molecule has 4 atom stereocenters. The van der Waals surface area contributed by atoms with Crippen LogP contribution in [0.4, 0.5) is 0 Å². The van der Waals surface area contributed by atoms with Crippen LogP contribution in [0.25, 0.3) is 10.9 Å². The molecule has 0 radical (unpaired) electrons. The third-order valence-electron chi connectivity index (χ3n) is 7.14. The summed E-state index contributed by atoms with van der Waals surface area (Å²) in [5, 5.41) is 15.6. The predicted molar refractivity (Wildman–Crippen MR) is 132 cm³/mol. The maximum atomic E-state index is 13.6. The number of aliphatic carboxylic acids is 1. The molecule has 0 aliphatic carbocycles. The lowest BCUT2D eigenvalue weighted by Gasteiger charge is -2.37. The molecular weight excluding hydrogens is 460 g/mol. The van der Waals surface area contributed by atoms with Crippen LogP contribution in [0.15, 0.2) is 48.5 Å². The first-order valence-corrected chi connectivity index (χ1v) is 12.0. The maximum absolute atomic E-state index is 13.6. The number of H-pyrrole nitrogens is 1. The minimum atomic E-state index is -1.14. The Labute approximate surface area is 207 Å². The summed E-state index contributed by atoms with van der Waals surface area (Å²) in [6.07, 6.45) is 0.291. The molecule has 3 aromatic rings. The Bertz CT molecular complexity index is 1390. The Kier molecular flexibility index (Phi) is 5.78. The van der Waals surface area contributed by atoms with Crippen LogP contribution in [-0.4, -0.2) is 56.8 Å². The Morgan fingerprint density at radius 1 is 1.03 bits per heavy atom. The zero-order valence-corrected chi connectivity index (χ0v) is 20.2. The molecular formula is C27H28N4O5. The molecule has 2 aliphatic rings. The molecule has 5 rings (SSSR count). The van der Waals surface area contributed by atoms with E-state index in [-0.39, 0.29) is 11.8 Å². The van der Waals surface area contributed by atoms with Crippen molar-refractivity contribution in [3.8, 4) is 0 Å². The van der Waals surface area contributed by atoms with Crippen LogP contribution in [0, 0.1) is 5.92 Å². The Balaban J connectivity index is 1.47. The minimum absolute atomic E-state index is 0.233. The van der Waals surface area contributed by atoms with E-state index in [0.29, 0.717) is 12.0 Å². The van der Waals surface area contributed by atoms with E-state index in [1.165, 1.54) is 6.92 Å². The largest absolute Gasteiger partial charge is 0.480 e. The van der Waals surface area contributed by atoms with Crippen LogP contribution in [-0.2, 0) is 20.8 Å². The number of aromatic amines is 1. The highest BCUT2D eigenvalue weighted by atomic mass is 16.4. The first-order chi connectivity index (χ1) is 17.2. The van der Waals surface area contributed by atoms with Gasteiger partial charge in [-0.3, -0.25) is 14.4 Å². The fourth-order valence-corrected chi connectivity index (χ4v) is 5.30. The van der Waals surface area contributed by atoms with E-state index in [1.807, 2.05) is 36.4 Å². The van der Waals surface area contributed by atoms with Gasteiger partial charge in [-0.15, -0.1) is 0 Å². The second-order valence-electron chi connectivity index (χ2n) is 9.78. The van der Waals surface area contributed by atoms with Crippen LogP contribution in [0.2, 0.25) is 0 Å². The van der Waals surface area contributed by atoms with Gasteiger partial charge in [-0.2, -0.15) is 0 Å². The van der Waals surface area contributed by atoms with E-state index in [0.717, 1.165) is 27.7 Å². The highest BCUT2D eigenvalue weighted by Crippen LogP contribution is 2.46. The van der Waals surface area contributed by atoms with Crippen LogP contribution >= 0.6 is 0 Å². The SMILES string of the molecule is CC(NC(=O)C1Cc2c([nH]c3ccccc23)C2c3ccccc3C(=O)N12)C(=O)NC(C(=O)O)C(C)C. The molecule has 0 spiro atoms. The smallest absolute Gasteiger partial charge is 0.326 e. The van der Waals surface area contributed by atoms with Crippen molar-refractivity contribution < 1.29 is 24.3 Å². The van der Waals surface area contributed by atoms with E-state index in [9.17, 15) is 24.3 Å². The number of nitrogens with one attached hydrogen (secondary N) is 3. The van der Waals surface area contributed by atoms with Gasteiger partial charge in [0.25, 0.3) is 5.91 Å². The number of aromatic nitrogens is 1. The lowest BCUT2D eigenvalue weighted by molar-refractivity contribution is -0.143.